The Morgan fingerprint density at radius 2 is 1.96 bits per heavy atom. The van der Waals surface area contributed by atoms with Gasteiger partial charge in [0.05, 0.1) is 5.56 Å². The van der Waals surface area contributed by atoms with E-state index in [0.717, 1.165) is 12.1 Å². The Bertz CT molecular complexity index is 1010. The molecule has 27 heavy (non-hydrogen) atoms. The van der Waals surface area contributed by atoms with Crippen LogP contribution in [-0.4, -0.2) is 15.1 Å². The number of alkyl halides is 3. The predicted molar refractivity (Wildman–Crippen MR) is 92.3 cm³/mol. The monoisotopic (exact) mass is 374 g/mol. The van der Waals surface area contributed by atoms with Crippen LogP contribution in [0.1, 0.15) is 11.1 Å². The van der Waals surface area contributed by atoms with Crippen molar-refractivity contribution in [2.75, 3.05) is 10.6 Å². The minimum Gasteiger partial charge on any atom is -0.508 e. The molecule has 0 atom stereocenters. The third-order valence-electron chi connectivity index (χ3n) is 3.97. The highest BCUT2D eigenvalue weighted by atomic mass is 19.4. The van der Waals surface area contributed by atoms with Crippen LogP contribution in [0.5, 0.6) is 17.4 Å². The quantitative estimate of drug-likeness (QED) is 0.605. The molecule has 2 heterocycles. The summed E-state index contributed by atoms with van der Waals surface area (Å²) in [6, 6.07) is 9.48. The van der Waals surface area contributed by atoms with Crippen LogP contribution in [0.2, 0.25) is 0 Å². The Kier molecular flexibility index (Phi) is 3.98. The average molecular weight is 374 g/mol. The van der Waals surface area contributed by atoms with Gasteiger partial charge in [-0.2, -0.15) is 18.2 Å². The lowest BCUT2D eigenvalue weighted by Gasteiger charge is -2.14. The molecule has 0 bridgehead atoms. The maximum Gasteiger partial charge on any atom is 0.416 e. The van der Waals surface area contributed by atoms with Crippen LogP contribution in [0.4, 0.5) is 30.4 Å². The number of halogens is 3. The number of anilines is 3. The van der Waals surface area contributed by atoms with Gasteiger partial charge in [0.2, 0.25) is 5.88 Å². The maximum atomic E-state index is 12.9. The molecule has 2 aromatic carbocycles. The molecular formula is C18H13F3N4O2. The first kappa shape index (κ1) is 17.0. The van der Waals surface area contributed by atoms with E-state index in [1.165, 1.54) is 24.5 Å². The fourth-order valence-corrected chi connectivity index (χ4v) is 2.70. The molecule has 0 amide bonds. The van der Waals surface area contributed by atoms with Gasteiger partial charge in [0.1, 0.15) is 23.5 Å². The van der Waals surface area contributed by atoms with Gasteiger partial charge in [-0.05, 0) is 36.4 Å². The number of nitrogens with zero attached hydrogens (tertiary/aromatic N) is 2. The molecule has 138 valence electrons. The van der Waals surface area contributed by atoms with E-state index in [9.17, 15) is 18.3 Å². The Balaban J connectivity index is 1.67. The van der Waals surface area contributed by atoms with Crippen LogP contribution in [-0.2, 0) is 12.7 Å². The molecule has 0 saturated heterocycles. The minimum absolute atomic E-state index is 0.0958. The zero-order valence-corrected chi connectivity index (χ0v) is 13.7. The number of phenolic OH excluding ortho intramolecular Hbond substituents is 1. The number of fused-ring (bicyclic) bond motifs is 2. The molecule has 0 radical (unpaired) electrons. The molecule has 1 aliphatic heterocycles. The van der Waals surface area contributed by atoms with Crippen molar-refractivity contribution >= 4 is 17.2 Å². The zero-order chi connectivity index (χ0) is 19.0. The van der Waals surface area contributed by atoms with Gasteiger partial charge in [0, 0.05) is 17.8 Å². The number of hydrogen-bond acceptors (Lipinski definition) is 6. The first-order valence-electron chi connectivity index (χ1n) is 7.93. The number of phenols is 1. The van der Waals surface area contributed by atoms with Crippen LogP contribution in [0.3, 0.4) is 0 Å². The fraction of sp³-hybridized carbons (Fsp3) is 0.111. The van der Waals surface area contributed by atoms with Crippen molar-refractivity contribution in [2.24, 2.45) is 0 Å². The highest BCUT2D eigenvalue weighted by Crippen LogP contribution is 2.39. The van der Waals surface area contributed by atoms with E-state index in [2.05, 4.69) is 20.6 Å². The lowest BCUT2D eigenvalue weighted by molar-refractivity contribution is -0.137. The van der Waals surface area contributed by atoms with E-state index < -0.39 is 11.7 Å². The zero-order valence-electron chi connectivity index (χ0n) is 13.7. The molecule has 1 aromatic heterocycles. The van der Waals surface area contributed by atoms with Gasteiger partial charge in [-0.3, -0.25) is 0 Å². The van der Waals surface area contributed by atoms with Crippen molar-refractivity contribution < 1.29 is 23.0 Å². The van der Waals surface area contributed by atoms with Crippen molar-refractivity contribution in [2.45, 2.75) is 12.7 Å². The van der Waals surface area contributed by atoms with Crippen molar-refractivity contribution in [1.82, 2.24) is 9.97 Å². The number of aromatic nitrogens is 2. The van der Waals surface area contributed by atoms with Gasteiger partial charge in [-0.25, -0.2) is 4.98 Å². The topological polar surface area (TPSA) is 79.3 Å². The van der Waals surface area contributed by atoms with Crippen LogP contribution in [0.15, 0.2) is 48.8 Å². The van der Waals surface area contributed by atoms with Crippen LogP contribution in [0.25, 0.3) is 0 Å². The Hall–Kier alpha value is -3.49. The van der Waals surface area contributed by atoms with Gasteiger partial charge in [-0.15, -0.1) is 0 Å². The molecule has 4 rings (SSSR count). The first-order valence-corrected chi connectivity index (χ1v) is 7.93. The molecule has 3 N–H and O–H groups in total. The molecular weight excluding hydrogens is 361 g/mol. The highest BCUT2D eigenvalue weighted by Gasteiger charge is 2.30. The van der Waals surface area contributed by atoms with Crippen molar-refractivity contribution in [1.29, 1.82) is 0 Å². The summed E-state index contributed by atoms with van der Waals surface area (Å²) in [7, 11) is 0. The van der Waals surface area contributed by atoms with E-state index in [1.54, 1.807) is 12.1 Å². The number of ether oxygens (including phenoxy) is 1. The van der Waals surface area contributed by atoms with Gasteiger partial charge < -0.3 is 20.5 Å². The molecule has 0 aliphatic carbocycles. The Labute approximate surface area is 151 Å². The largest absolute Gasteiger partial charge is 0.508 e. The third-order valence-corrected chi connectivity index (χ3v) is 3.97. The van der Waals surface area contributed by atoms with Crippen molar-refractivity contribution in [3.63, 3.8) is 0 Å². The standard InChI is InChI=1S/C18H13F3N4O2/c19-18(20,21)11-2-1-3-12(7-11)25-16-15-17(24-9-23-16)27-14-5-4-13(26)6-10(14)8-22-15/h1-7,9,22,26H,8H2,(H,23,24,25). The summed E-state index contributed by atoms with van der Waals surface area (Å²) in [5, 5.41) is 15.6. The first-order chi connectivity index (χ1) is 12.9. The van der Waals surface area contributed by atoms with E-state index >= 15 is 0 Å². The van der Waals surface area contributed by atoms with E-state index in [1.807, 2.05) is 0 Å². The molecule has 0 fully saturated rings. The van der Waals surface area contributed by atoms with E-state index in [0.29, 0.717) is 23.5 Å². The number of aromatic hydroxyl groups is 1. The minimum atomic E-state index is -4.44. The summed E-state index contributed by atoms with van der Waals surface area (Å²) >= 11 is 0. The van der Waals surface area contributed by atoms with Gasteiger partial charge in [0.25, 0.3) is 0 Å². The summed E-state index contributed by atoms with van der Waals surface area (Å²) in [5.41, 5.74) is 0.579. The molecule has 0 unspecified atom stereocenters. The van der Waals surface area contributed by atoms with Crippen LogP contribution >= 0.6 is 0 Å². The van der Waals surface area contributed by atoms with Gasteiger partial charge in [-0.1, -0.05) is 6.07 Å². The lowest BCUT2D eigenvalue weighted by Crippen LogP contribution is -2.07. The van der Waals surface area contributed by atoms with Crippen LogP contribution in [0, 0.1) is 0 Å². The van der Waals surface area contributed by atoms with E-state index in [4.69, 9.17) is 4.74 Å². The second-order valence-corrected chi connectivity index (χ2v) is 5.85. The summed E-state index contributed by atoms with van der Waals surface area (Å²) < 4.78 is 44.5. The Morgan fingerprint density at radius 3 is 2.78 bits per heavy atom. The molecule has 6 nitrogen and oxygen atoms in total. The van der Waals surface area contributed by atoms with Gasteiger partial charge >= 0.3 is 6.18 Å². The molecule has 0 spiro atoms. The van der Waals surface area contributed by atoms with Crippen molar-refractivity contribution in [3.8, 4) is 17.4 Å². The number of nitrogens with one attached hydrogen (secondary N) is 2. The van der Waals surface area contributed by atoms with Gasteiger partial charge in [0.15, 0.2) is 5.82 Å². The maximum absolute atomic E-state index is 12.9. The summed E-state index contributed by atoms with van der Waals surface area (Å²) in [5.74, 6) is 1.11. The second-order valence-electron chi connectivity index (χ2n) is 5.85. The fourth-order valence-electron chi connectivity index (χ4n) is 2.70. The Morgan fingerprint density at radius 1 is 1.11 bits per heavy atom. The summed E-state index contributed by atoms with van der Waals surface area (Å²) in [6.45, 7) is 0.321. The summed E-state index contributed by atoms with van der Waals surface area (Å²) in [6.07, 6.45) is -3.19. The van der Waals surface area contributed by atoms with Crippen molar-refractivity contribution in [3.05, 3.63) is 59.9 Å². The normalized spacial score (nSPS) is 12.9. The SMILES string of the molecule is Oc1ccc2c(c1)CNc1c(Nc3cccc(C(F)(F)F)c3)ncnc1O2. The molecule has 3 aromatic rings. The number of hydrogen-bond donors (Lipinski definition) is 3. The molecule has 9 heteroatoms. The van der Waals surface area contributed by atoms with E-state index in [-0.39, 0.29) is 23.1 Å². The van der Waals surface area contributed by atoms with Crippen LogP contribution < -0.4 is 15.4 Å². The average Bonchev–Trinajstić information content (AvgIpc) is 2.81. The predicted octanol–water partition coefficient (Wildman–Crippen LogP) is 4.66. The number of benzene rings is 2. The smallest absolute Gasteiger partial charge is 0.416 e. The molecule has 1 aliphatic rings. The lowest BCUT2D eigenvalue weighted by atomic mass is 10.2. The third kappa shape index (κ3) is 3.43. The second kappa shape index (κ2) is 6.35. The number of rotatable bonds is 2. The summed E-state index contributed by atoms with van der Waals surface area (Å²) in [4.78, 5) is 8.19. The molecule has 0 saturated carbocycles. The highest BCUT2D eigenvalue weighted by molar-refractivity contribution is 5.76.